The van der Waals surface area contributed by atoms with Crippen LogP contribution in [0.15, 0.2) is 84.9 Å². The fourth-order valence-corrected chi connectivity index (χ4v) is 4.48. The van der Waals surface area contributed by atoms with Crippen LogP contribution in [0.2, 0.25) is 0 Å². The first kappa shape index (κ1) is 24.2. The van der Waals surface area contributed by atoms with E-state index in [1.807, 2.05) is 84.9 Å². The van der Waals surface area contributed by atoms with Gasteiger partial charge in [0, 0.05) is 24.2 Å². The van der Waals surface area contributed by atoms with Crippen molar-refractivity contribution in [2.45, 2.75) is 19.3 Å². The Kier molecular flexibility index (Phi) is 7.55. The average Bonchev–Trinajstić information content (AvgIpc) is 3.45. The van der Waals surface area contributed by atoms with Gasteiger partial charge in [0.15, 0.2) is 11.6 Å². The van der Waals surface area contributed by atoms with Gasteiger partial charge in [-0.2, -0.15) is 5.10 Å². The molecule has 1 saturated heterocycles. The van der Waals surface area contributed by atoms with Gasteiger partial charge in [-0.15, -0.1) is 0 Å². The Morgan fingerprint density at radius 1 is 0.973 bits per heavy atom. The number of anilines is 1. The number of carbonyl (C=O) groups is 2. The summed E-state index contributed by atoms with van der Waals surface area (Å²) >= 11 is 0. The number of rotatable bonds is 8. The van der Waals surface area contributed by atoms with E-state index in [1.165, 1.54) is 0 Å². The maximum atomic E-state index is 13.2. The van der Waals surface area contributed by atoms with Crippen molar-refractivity contribution in [1.82, 2.24) is 20.1 Å². The first-order chi connectivity index (χ1) is 18.2. The number of amides is 2. The van der Waals surface area contributed by atoms with Crippen molar-refractivity contribution in [3.63, 3.8) is 0 Å². The number of aromatic nitrogens is 3. The first-order valence-electron chi connectivity index (χ1n) is 12.5. The van der Waals surface area contributed by atoms with Gasteiger partial charge in [0.1, 0.15) is 5.75 Å². The van der Waals surface area contributed by atoms with Crippen LogP contribution in [0.4, 0.5) is 5.69 Å². The van der Waals surface area contributed by atoms with Gasteiger partial charge in [0.05, 0.1) is 24.6 Å². The molecule has 188 valence electrons. The van der Waals surface area contributed by atoms with Crippen LogP contribution in [0.5, 0.6) is 5.75 Å². The Morgan fingerprint density at radius 3 is 2.51 bits per heavy atom. The van der Waals surface area contributed by atoms with E-state index in [4.69, 9.17) is 4.74 Å². The molecule has 1 aliphatic rings. The highest BCUT2D eigenvalue weighted by molar-refractivity contribution is 5.96. The predicted octanol–water partition coefficient (Wildman–Crippen LogP) is 4.78. The molecular weight excluding hydrogens is 466 g/mol. The zero-order valence-electron chi connectivity index (χ0n) is 20.5. The normalized spacial score (nSPS) is 15.2. The molecule has 2 heterocycles. The van der Waals surface area contributed by atoms with Crippen LogP contribution in [-0.2, 0) is 9.59 Å². The van der Waals surface area contributed by atoms with Crippen molar-refractivity contribution in [3.8, 4) is 28.5 Å². The fourth-order valence-electron chi connectivity index (χ4n) is 4.48. The summed E-state index contributed by atoms with van der Waals surface area (Å²) in [5, 5.41) is 10.4. The largest absolute Gasteiger partial charge is 0.493 e. The van der Waals surface area contributed by atoms with E-state index < -0.39 is 0 Å². The van der Waals surface area contributed by atoms with Gasteiger partial charge in [-0.3, -0.25) is 14.7 Å². The molecule has 37 heavy (non-hydrogen) atoms. The Bertz CT molecular complexity index is 1340. The Morgan fingerprint density at radius 2 is 1.70 bits per heavy atom. The Hall–Kier alpha value is -4.46. The summed E-state index contributed by atoms with van der Waals surface area (Å²) in [6.45, 7) is 1.37. The highest BCUT2D eigenvalue weighted by atomic mass is 16.5. The van der Waals surface area contributed by atoms with Gasteiger partial charge in [-0.05, 0) is 37.1 Å². The minimum absolute atomic E-state index is 0.00364. The van der Waals surface area contributed by atoms with E-state index in [-0.39, 0.29) is 24.2 Å². The van der Waals surface area contributed by atoms with Crippen LogP contribution in [0.25, 0.3) is 22.8 Å². The smallest absolute Gasteiger partial charge is 0.229 e. The number of piperidine rings is 1. The molecule has 8 nitrogen and oxygen atoms in total. The van der Waals surface area contributed by atoms with Crippen LogP contribution in [0.1, 0.15) is 19.3 Å². The van der Waals surface area contributed by atoms with Crippen LogP contribution in [-0.4, -0.2) is 51.6 Å². The third-order valence-corrected chi connectivity index (χ3v) is 6.43. The number of para-hydroxylation sites is 2. The zero-order valence-corrected chi connectivity index (χ0v) is 20.5. The molecule has 3 aromatic carbocycles. The number of ether oxygens (including phenoxy) is 1. The second-order valence-electron chi connectivity index (χ2n) is 9.00. The monoisotopic (exact) mass is 495 g/mol. The SMILES string of the molecule is O=C(Nc1ccccc1-c1nc(-c2ccccc2)n[nH]1)C1CCCN(C(=O)CCOc2ccccc2)C1. The predicted molar refractivity (Wildman–Crippen MR) is 142 cm³/mol. The van der Waals surface area contributed by atoms with Gasteiger partial charge in [0.2, 0.25) is 11.8 Å². The van der Waals surface area contributed by atoms with Gasteiger partial charge < -0.3 is 15.0 Å². The second-order valence-corrected chi connectivity index (χ2v) is 9.00. The molecule has 1 unspecified atom stereocenters. The van der Waals surface area contributed by atoms with E-state index in [1.54, 1.807) is 4.90 Å². The Labute approximate surface area is 215 Å². The third-order valence-electron chi connectivity index (χ3n) is 6.43. The Balaban J connectivity index is 1.20. The standard InChI is InChI=1S/C29H29N5O3/c35-26(17-19-37-23-13-5-2-6-14-23)34-18-9-12-22(20-34)29(36)30-25-16-8-7-15-24(25)28-31-27(32-33-28)21-10-3-1-4-11-21/h1-8,10-11,13-16,22H,9,12,17-20H2,(H,30,36)(H,31,32,33). The summed E-state index contributed by atoms with van der Waals surface area (Å²) < 4.78 is 5.67. The molecule has 0 radical (unpaired) electrons. The van der Waals surface area contributed by atoms with Crippen molar-refractivity contribution >= 4 is 17.5 Å². The topological polar surface area (TPSA) is 100 Å². The molecule has 0 saturated carbocycles. The van der Waals surface area contributed by atoms with Crippen molar-refractivity contribution in [2.75, 3.05) is 25.0 Å². The second kappa shape index (κ2) is 11.5. The lowest BCUT2D eigenvalue weighted by Crippen LogP contribution is -2.44. The molecule has 1 aliphatic heterocycles. The van der Waals surface area contributed by atoms with E-state index in [0.717, 1.165) is 29.7 Å². The number of nitrogens with one attached hydrogen (secondary N) is 2. The molecule has 4 aromatic rings. The number of carbonyl (C=O) groups excluding carboxylic acids is 2. The first-order valence-corrected chi connectivity index (χ1v) is 12.5. The third kappa shape index (κ3) is 6.03. The van der Waals surface area contributed by atoms with E-state index in [9.17, 15) is 9.59 Å². The van der Waals surface area contributed by atoms with Crippen molar-refractivity contribution < 1.29 is 14.3 Å². The van der Waals surface area contributed by atoms with E-state index in [0.29, 0.717) is 37.0 Å². The summed E-state index contributed by atoms with van der Waals surface area (Å²) in [6, 6.07) is 26.7. The summed E-state index contributed by atoms with van der Waals surface area (Å²) in [6.07, 6.45) is 1.80. The molecule has 2 N–H and O–H groups in total. The quantitative estimate of drug-likeness (QED) is 0.366. The minimum Gasteiger partial charge on any atom is -0.493 e. The highest BCUT2D eigenvalue weighted by Gasteiger charge is 2.29. The molecular formula is C29H29N5O3. The van der Waals surface area contributed by atoms with Crippen LogP contribution < -0.4 is 10.1 Å². The summed E-state index contributed by atoms with van der Waals surface area (Å²) in [5.74, 6) is 1.53. The lowest BCUT2D eigenvalue weighted by atomic mass is 9.96. The number of nitrogens with zero attached hydrogens (tertiary/aromatic N) is 3. The van der Waals surface area contributed by atoms with Crippen LogP contribution in [0.3, 0.4) is 0 Å². The maximum absolute atomic E-state index is 13.2. The van der Waals surface area contributed by atoms with Gasteiger partial charge >= 0.3 is 0 Å². The molecule has 1 atom stereocenters. The molecule has 1 fully saturated rings. The maximum Gasteiger partial charge on any atom is 0.229 e. The average molecular weight is 496 g/mol. The number of benzene rings is 3. The van der Waals surface area contributed by atoms with Gasteiger partial charge in [0.25, 0.3) is 0 Å². The zero-order chi connectivity index (χ0) is 25.5. The molecule has 1 aromatic heterocycles. The van der Waals surface area contributed by atoms with Crippen LogP contribution in [0, 0.1) is 5.92 Å². The summed E-state index contributed by atoms with van der Waals surface area (Å²) in [4.78, 5) is 32.4. The summed E-state index contributed by atoms with van der Waals surface area (Å²) in [7, 11) is 0. The van der Waals surface area contributed by atoms with Gasteiger partial charge in [-0.1, -0.05) is 60.7 Å². The molecule has 2 amide bonds. The number of hydrogen-bond acceptors (Lipinski definition) is 5. The minimum atomic E-state index is -0.282. The molecule has 0 bridgehead atoms. The molecule has 5 rings (SSSR count). The van der Waals surface area contributed by atoms with E-state index >= 15 is 0 Å². The van der Waals surface area contributed by atoms with Crippen molar-refractivity contribution in [1.29, 1.82) is 0 Å². The molecule has 0 aliphatic carbocycles. The number of hydrogen-bond donors (Lipinski definition) is 2. The fraction of sp³-hybridized carbons (Fsp3) is 0.241. The molecule has 0 spiro atoms. The number of aromatic amines is 1. The van der Waals surface area contributed by atoms with E-state index in [2.05, 4.69) is 20.5 Å². The van der Waals surface area contributed by atoms with Crippen molar-refractivity contribution in [3.05, 3.63) is 84.9 Å². The number of likely N-dealkylation sites (tertiary alicyclic amines) is 1. The highest BCUT2D eigenvalue weighted by Crippen LogP contribution is 2.28. The lowest BCUT2D eigenvalue weighted by molar-refractivity contribution is -0.135. The summed E-state index contributed by atoms with van der Waals surface area (Å²) in [5.41, 5.74) is 2.32. The van der Waals surface area contributed by atoms with Crippen molar-refractivity contribution in [2.24, 2.45) is 5.92 Å². The lowest BCUT2D eigenvalue weighted by Gasteiger charge is -2.32. The van der Waals surface area contributed by atoms with Gasteiger partial charge in [-0.25, -0.2) is 4.98 Å². The molecule has 8 heteroatoms. The number of H-pyrrole nitrogens is 1. The van der Waals surface area contributed by atoms with Crippen LogP contribution >= 0.6 is 0 Å².